The van der Waals surface area contributed by atoms with Crippen LogP contribution in [0.1, 0.15) is 39.7 Å². The Bertz CT molecular complexity index is 681. The zero-order chi connectivity index (χ0) is 17.2. The second-order valence-electron chi connectivity index (χ2n) is 7.02. The van der Waals surface area contributed by atoms with E-state index in [1.54, 1.807) is 6.07 Å². The van der Waals surface area contributed by atoms with E-state index in [4.69, 9.17) is 0 Å². The van der Waals surface area contributed by atoms with Crippen molar-refractivity contribution in [1.82, 2.24) is 0 Å². The summed E-state index contributed by atoms with van der Waals surface area (Å²) in [4.78, 5) is 14.0. The highest BCUT2D eigenvalue weighted by Crippen LogP contribution is 2.31. The topological polar surface area (TPSA) is 66.5 Å². The normalized spacial score (nSPS) is 15.2. The predicted molar refractivity (Wildman–Crippen MR) is 94.2 cm³/mol. The second-order valence-corrected chi connectivity index (χ2v) is 8.79. The molecule has 0 aromatic heterocycles. The molecule has 0 radical (unpaired) electrons. The first-order valence-corrected chi connectivity index (χ1v) is 9.77. The average Bonchev–Trinajstić information content (AvgIpc) is 2.39. The Morgan fingerprint density at radius 2 is 1.83 bits per heavy atom. The molecule has 1 aliphatic heterocycles. The van der Waals surface area contributed by atoms with E-state index in [1.807, 2.05) is 30.9 Å². The van der Waals surface area contributed by atoms with Crippen molar-refractivity contribution in [2.45, 2.75) is 40.5 Å². The fourth-order valence-corrected chi connectivity index (χ4v) is 4.30. The fraction of sp³-hybridized carbons (Fsp3) is 0.588. The number of benzene rings is 1. The molecule has 0 spiro atoms. The maximum Gasteiger partial charge on any atom is 0.232 e. The van der Waals surface area contributed by atoms with Crippen LogP contribution in [-0.2, 0) is 21.2 Å². The molecule has 1 aromatic carbocycles. The summed E-state index contributed by atoms with van der Waals surface area (Å²) in [6, 6.07) is 5.44. The summed E-state index contributed by atoms with van der Waals surface area (Å²) >= 11 is 0. The van der Waals surface area contributed by atoms with Gasteiger partial charge in [0.2, 0.25) is 15.9 Å². The lowest BCUT2D eigenvalue weighted by Crippen LogP contribution is -2.37. The molecule has 6 heteroatoms. The first-order valence-electron chi connectivity index (χ1n) is 8.11. The van der Waals surface area contributed by atoms with Crippen molar-refractivity contribution in [1.29, 1.82) is 0 Å². The smallest absolute Gasteiger partial charge is 0.232 e. The highest BCUT2D eigenvalue weighted by Gasteiger charge is 2.25. The first kappa shape index (κ1) is 17.8. The lowest BCUT2D eigenvalue weighted by molar-refractivity contribution is -0.119. The molecule has 1 aliphatic rings. The third kappa shape index (κ3) is 4.70. The minimum atomic E-state index is -3.33. The third-order valence-electron chi connectivity index (χ3n) is 3.65. The monoisotopic (exact) mass is 338 g/mol. The number of fused-ring (bicyclic) bond motifs is 1. The summed E-state index contributed by atoms with van der Waals surface area (Å²) < 4.78 is 26.8. The van der Waals surface area contributed by atoms with E-state index in [9.17, 15) is 13.2 Å². The zero-order valence-corrected chi connectivity index (χ0v) is 15.1. The first-order chi connectivity index (χ1) is 10.7. The van der Waals surface area contributed by atoms with Crippen LogP contribution in [0.3, 0.4) is 0 Å². The summed E-state index contributed by atoms with van der Waals surface area (Å²) in [6.45, 7) is 8.60. The summed E-state index contributed by atoms with van der Waals surface area (Å²) in [7, 11) is -3.33. The molecular weight excluding hydrogens is 312 g/mol. The summed E-state index contributed by atoms with van der Waals surface area (Å²) in [6.07, 6.45) is 1.13. The van der Waals surface area contributed by atoms with E-state index in [0.717, 1.165) is 11.3 Å². The van der Waals surface area contributed by atoms with Crippen LogP contribution in [0.2, 0.25) is 0 Å². The van der Waals surface area contributed by atoms with E-state index in [-0.39, 0.29) is 17.6 Å². The molecule has 0 fully saturated rings. The Labute approximate surface area is 139 Å². The standard InChI is InChI=1S/C17H26N2O3S/c1-12(2)10-19-16-7-6-15(9-14(16)5-8-17(19)20)18-23(21,22)11-13(3)4/h6-7,9,12-13,18H,5,8,10-11H2,1-4H3. The molecule has 2 rings (SSSR count). The third-order valence-corrected chi connectivity index (χ3v) is 5.31. The molecule has 5 nitrogen and oxygen atoms in total. The molecule has 1 heterocycles. The van der Waals surface area contributed by atoms with Gasteiger partial charge >= 0.3 is 0 Å². The van der Waals surface area contributed by atoms with E-state index in [2.05, 4.69) is 18.6 Å². The van der Waals surface area contributed by atoms with Gasteiger partial charge in [-0.05, 0) is 42.0 Å². The van der Waals surface area contributed by atoms with Crippen molar-refractivity contribution in [3.8, 4) is 0 Å². The Balaban J connectivity index is 2.24. The maximum absolute atomic E-state index is 12.1. The fourth-order valence-electron chi connectivity index (χ4n) is 2.85. The van der Waals surface area contributed by atoms with Crippen molar-refractivity contribution in [2.75, 3.05) is 21.9 Å². The second kappa shape index (κ2) is 6.91. The number of hydrogen-bond donors (Lipinski definition) is 1. The van der Waals surface area contributed by atoms with Crippen LogP contribution >= 0.6 is 0 Å². The van der Waals surface area contributed by atoms with E-state index < -0.39 is 10.0 Å². The van der Waals surface area contributed by atoms with Gasteiger partial charge in [-0.2, -0.15) is 0 Å². The highest BCUT2D eigenvalue weighted by molar-refractivity contribution is 7.92. The lowest BCUT2D eigenvalue weighted by atomic mass is 9.99. The van der Waals surface area contributed by atoms with Crippen LogP contribution in [0.5, 0.6) is 0 Å². The number of carbonyl (C=O) groups is 1. The number of sulfonamides is 1. The lowest BCUT2D eigenvalue weighted by Gasteiger charge is -2.31. The van der Waals surface area contributed by atoms with Crippen LogP contribution < -0.4 is 9.62 Å². The number of nitrogens with zero attached hydrogens (tertiary/aromatic N) is 1. The molecular formula is C17H26N2O3S. The van der Waals surface area contributed by atoms with Gasteiger partial charge in [0.15, 0.2) is 0 Å². The molecule has 23 heavy (non-hydrogen) atoms. The number of carbonyl (C=O) groups excluding carboxylic acids is 1. The van der Waals surface area contributed by atoms with Gasteiger partial charge in [0.05, 0.1) is 5.75 Å². The molecule has 1 amide bonds. The van der Waals surface area contributed by atoms with Crippen LogP contribution in [0, 0.1) is 11.8 Å². The van der Waals surface area contributed by atoms with Crippen molar-refractivity contribution in [3.63, 3.8) is 0 Å². The molecule has 0 bridgehead atoms. The Kier molecular flexibility index (Phi) is 5.34. The SMILES string of the molecule is CC(C)CN1C(=O)CCc2cc(NS(=O)(=O)CC(C)C)ccc21. The van der Waals surface area contributed by atoms with Crippen LogP contribution in [-0.4, -0.2) is 26.6 Å². The summed E-state index contributed by atoms with van der Waals surface area (Å²) in [5.41, 5.74) is 2.50. The van der Waals surface area contributed by atoms with Crippen molar-refractivity contribution in [3.05, 3.63) is 23.8 Å². The highest BCUT2D eigenvalue weighted by atomic mass is 32.2. The number of anilines is 2. The number of hydrogen-bond acceptors (Lipinski definition) is 3. The molecule has 128 valence electrons. The minimum absolute atomic E-state index is 0.0734. The zero-order valence-electron chi connectivity index (χ0n) is 14.3. The molecule has 1 aromatic rings. The van der Waals surface area contributed by atoms with Gasteiger partial charge in [-0.1, -0.05) is 27.7 Å². The Hall–Kier alpha value is -1.56. The molecule has 0 saturated heterocycles. The van der Waals surface area contributed by atoms with Gasteiger partial charge in [0.25, 0.3) is 0 Å². The predicted octanol–water partition coefficient (Wildman–Crippen LogP) is 3.02. The van der Waals surface area contributed by atoms with Gasteiger partial charge in [0, 0.05) is 24.3 Å². The number of rotatable bonds is 6. The molecule has 0 unspecified atom stereocenters. The molecule has 1 N–H and O–H groups in total. The largest absolute Gasteiger partial charge is 0.312 e. The van der Waals surface area contributed by atoms with Gasteiger partial charge in [-0.25, -0.2) is 8.42 Å². The number of amides is 1. The maximum atomic E-state index is 12.1. The van der Waals surface area contributed by atoms with Crippen molar-refractivity contribution in [2.24, 2.45) is 11.8 Å². The van der Waals surface area contributed by atoms with Gasteiger partial charge < -0.3 is 4.90 Å². The Morgan fingerprint density at radius 1 is 1.13 bits per heavy atom. The summed E-state index contributed by atoms with van der Waals surface area (Å²) in [5.74, 6) is 0.694. The van der Waals surface area contributed by atoms with Crippen LogP contribution in [0.15, 0.2) is 18.2 Å². The van der Waals surface area contributed by atoms with Gasteiger partial charge in [-0.15, -0.1) is 0 Å². The molecule has 0 saturated carbocycles. The Morgan fingerprint density at radius 3 is 2.43 bits per heavy atom. The van der Waals surface area contributed by atoms with Crippen molar-refractivity contribution >= 4 is 27.3 Å². The van der Waals surface area contributed by atoms with E-state index in [0.29, 0.717) is 31.0 Å². The van der Waals surface area contributed by atoms with E-state index in [1.165, 1.54) is 0 Å². The van der Waals surface area contributed by atoms with E-state index >= 15 is 0 Å². The quantitative estimate of drug-likeness (QED) is 0.867. The van der Waals surface area contributed by atoms with Gasteiger partial charge in [-0.3, -0.25) is 9.52 Å². The minimum Gasteiger partial charge on any atom is -0.312 e. The van der Waals surface area contributed by atoms with Gasteiger partial charge in [0.1, 0.15) is 0 Å². The summed E-state index contributed by atoms with van der Waals surface area (Å²) in [5, 5.41) is 0. The van der Waals surface area contributed by atoms with Crippen molar-refractivity contribution < 1.29 is 13.2 Å². The number of aryl methyl sites for hydroxylation is 1. The van der Waals surface area contributed by atoms with Crippen LogP contribution in [0.4, 0.5) is 11.4 Å². The average molecular weight is 338 g/mol. The number of nitrogens with one attached hydrogen (secondary N) is 1. The van der Waals surface area contributed by atoms with Crippen LogP contribution in [0.25, 0.3) is 0 Å². The molecule has 0 aliphatic carbocycles. The molecule has 0 atom stereocenters.